The number of benzene rings is 1. The smallest absolute Gasteiger partial charge is 0.153 e. The number of aliphatic hydroxyl groups excluding tert-OH is 1. The van der Waals surface area contributed by atoms with Gasteiger partial charge in [0, 0.05) is 13.1 Å². The van der Waals surface area contributed by atoms with E-state index in [9.17, 15) is 5.11 Å². The van der Waals surface area contributed by atoms with Crippen LogP contribution in [-0.4, -0.2) is 48.2 Å². The lowest BCUT2D eigenvalue weighted by molar-refractivity contribution is 0.0887. The van der Waals surface area contributed by atoms with Crippen molar-refractivity contribution < 1.29 is 9.94 Å². The molecule has 5 heteroatoms. The van der Waals surface area contributed by atoms with E-state index >= 15 is 0 Å². The largest absolute Gasteiger partial charge is 0.393 e. The summed E-state index contributed by atoms with van der Waals surface area (Å²) in [5, 5.41) is 13.3. The van der Waals surface area contributed by atoms with E-state index in [2.05, 4.69) is 10.1 Å². The van der Waals surface area contributed by atoms with Gasteiger partial charge in [0.1, 0.15) is 6.61 Å². The third-order valence-corrected chi connectivity index (χ3v) is 3.41. The van der Waals surface area contributed by atoms with E-state index in [0.717, 1.165) is 31.5 Å². The van der Waals surface area contributed by atoms with Crippen molar-refractivity contribution in [3.05, 3.63) is 42.0 Å². The maximum Gasteiger partial charge on any atom is 0.153 e. The number of nitrogens with two attached hydrogens (primary N) is 1. The van der Waals surface area contributed by atoms with Crippen LogP contribution in [0.5, 0.6) is 0 Å². The Balaban J connectivity index is 1.65. The lowest BCUT2D eigenvalue weighted by Crippen LogP contribution is -2.41. The summed E-state index contributed by atoms with van der Waals surface area (Å²) in [6.07, 6.45) is 5.32. The van der Waals surface area contributed by atoms with Crippen molar-refractivity contribution >= 4 is 11.9 Å². The molecule has 1 fully saturated rings. The molecule has 1 aromatic carbocycles. The average molecular weight is 289 g/mol. The molecule has 2 rings (SSSR count). The van der Waals surface area contributed by atoms with Crippen molar-refractivity contribution in [2.24, 2.45) is 10.9 Å². The number of aliphatic hydroxyl groups is 1. The molecule has 0 saturated carbocycles. The zero-order valence-corrected chi connectivity index (χ0v) is 12.2. The third kappa shape index (κ3) is 5.97. The maximum absolute atomic E-state index is 9.44. The zero-order valence-electron chi connectivity index (χ0n) is 12.2. The monoisotopic (exact) mass is 289 g/mol. The van der Waals surface area contributed by atoms with E-state index in [1.165, 1.54) is 0 Å². The van der Waals surface area contributed by atoms with Crippen LogP contribution in [0.4, 0.5) is 0 Å². The second-order valence-electron chi connectivity index (χ2n) is 5.20. The van der Waals surface area contributed by atoms with Gasteiger partial charge in [0.25, 0.3) is 0 Å². The summed E-state index contributed by atoms with van der Waals surface area (Å²) < 4.78 is 0. The highest BCUT2D eigenvalue weighted by Crippen LogP contribution is 2.09. The topological polar surface area (TPSA) is 71.1 Å². The SMILES string of the molecule is N/C(CN1CCC(O)CC1)=N\OC/C=C/c1ccccc1. The molecular formula is C16H23N3O2. The zero-order chi connectivity index (χ0) is 14.9. The predicted octanol–water partition coefficient (Wildman–Crippen LogP) is 1.45. The van der Waals surface area contributed by atoms with Crippen molar-refractivity contribution in [1.29, 1.82) is 0 Å². The van der Waals surface area contributed by atoms with Crippen LogP contribution in [0.3, 0.4) is 0 Å². The Labute approximate surface area is 125 Å². The second-order valence-corrected chi connectivity index (χ2v) is 5.20. The minimum Gasteiger partial charge on any atom is -0.393 e. The quantitative estimate of drug-likeness (QED) is 0.360. The number of piperidine rings is 1. The Morgan fingerprint density at radius 1 is 1.33 bits per heavy atom. The van der Waals surface area contributed by atoms with Gasteiger partial charge in [-0.3, -0.25) is 4.90 Å². The van der Waals surface area contributed by atoms with Crippen LogP contribution in [-0.2, 0) is 4.84 Å². The van der Waals surface area contributed by atoms with Gasteiger partial charge in [-0.25, -0.2) is 0 Å². The van der Waals surface area contributed by atoms with Crippen molar-refractivity contribution in [3.8, 4) is 0 Å². The first kappa shape index (κ1) is 15.5. The number of oxime groups is 1. The first-order valence-electron chi connectivity index (χ1n) is 7.30. The molecule has 0 atom stereocenters. The average Bonchev–Trinajstić information content (AvgIpc) is 2.50. The predicted molar refractivity (Wildman–Crippen MR) is 84.7 cm³/mol. The molecule has 0 unspecified atom stereocenters. The first-order valence-corrected chi connectivity index (χ1v) is 7.30. The molecule has 3 N–H and O–H groups in total. The summed E-state index contributed by atoms with van der Waals surface area (Å²) in [7, 11) is 0. The van der Waals surface area contributed by atoms with Crippen molar-refractivity contribution in [1.82, 2.24) is 4.90 Å². The van der Waals surface area contributed by atoms with E-state index < -0.39 is 0 Å². The molecule has 5 nitrogen and oxygen atoms in total. The molecule has 1 aromatic rings. The molecule has 1 aliphatic heterocycles. The molecule has 0 spiro atoms. The van der Waals surface area contributed by atoms with Crippen LogP contribution in [0.1, 0.15) is 18.4 Å². The van der Waals surface area contributed by atoms with Gasteiger partial charge < -0.3 is 15.7 Å². The molecule has 1 aliphatic rings. The fraction of sp³-hybridized carbons (Fsp3) is 0.438. The Hall–Kier alpha value is -1.85. The molecule has 0 amide bonds. The van der Waals surface area contributed by atoms with Crippen LogP contribution in [0.15, 0.2) is 41.6 Å². The highest BCUT2D eigenvalue weighted by molar-refractivity contribution is 5.81. The number of amidine groups is 1. The van der Waals surface area contributed by atoms with Crippen molar-refractivity contribution in [2.75, 3.05) is 26.2 Å². The lowest BCUT2D eigenvalue weighted by Gasteiger charge is -2.28. The summed E-state index contributed by atoms with van der Waals surface area (Å²) >= 11 is 0. The normalized spacial score (nSPS) is 18.2. The molecule has 0 radical (unpaired) electrons. The van der Waals surface area contributed by atoms with Gasteiger partial charge in [-0.1, -0.05) is 41.6 Å². The molecule has 0 bridgehead atoms. The van der Waals surface area contributed by atoms with Gasteiger partial charge in [0.2, 0.25) is 0 Å². The Morgan fingerprint density at radius 2 is 2.05 bits per heavy atom. The number of hydrogen-bond acceptors (Lipinski definition) is 4. The second kappa shape index (κ2) is 8.44. The lowest BCUT2D eigenvalue weighted by atomic mass is 10.1. The highest BCUT2D eigenvalue weighted by Gasteiger charge is 2.17. The summed E-state index contributed by atoms with van der Waals surface area (Å²) in [6, 6.07) is 10.0. The van der Waals surface area contributed by atoms with Crippen LogP contribution < -0.4 is 5.73 Å². The van der Waals surface area contributed by atoms with Crippen LogP contribution in [0, 0.1) is 0 Å². The summed E-state index contributed by atoms with van der Waals surface area (Å²) in [5.41, 5.74) is 6.96. The molecule has 1 saturated heterocycles. The minimum atomic E-state index is -0.168. The van der Waals surface area contributed by atoms with Gasteiger partial charge in [-0.2, -0.15) is 0 Å². The van der Waals surface area contributed by atoms with Gasteiger partial charge >= 0.3 is 0 Å². The van der Waals surface area contributed by atoms with Crippen LogP contribution in [0.25, 0.3) is 6.08 Å². The van der Waals surface area contributed by atoms with Gasteiger partial charge in [0.05, 0.1) is 12.6 Å². The van der Waals surface area contributed by atoms with Gasteiger partial charge in [-0.05, 0) is 24.5 Å². The Bertz CT molecular complexity index is 466. The Morgan fingerprint density at radius 3 is 2.76 bits per heavy atom. The molecular weight excluding hydrogens is 266 g/mol. The summed E-state index contributed by atoms with van der Waals surface area (Å²) in [4.78, 5) is 7.36. The molecule has 114 valence electrons. The maximum atomic E-state index is 9.44. The summed E-state index contributed by atoms with van der Waals surface area (Å²) in [5.74, 6) is 0.472. The fourth-order valence-corrected chi connectivity index (χ4v) is 2.25. The van der Waals surface area contributed by atoms with E-state index in [4.69, 9.17) is 10.6 Å². The van der Waals surface area contributed by atoms with Gasteiger partial charge in [0.15, 0.2) is 5.84 Å². The number of hydrogen-bond donors (Lipinski definition) is 2. The van der Waals surface area contributed by atoms with Gasteiger partial charge in [-0.15, -0.1) is 0 Å². The van der Waals surface area contributed by atoms with E-state index in [1.807, 2.05) is 42.5 Å². The number of nitrogens with zero attached hydrogens (tertiary/aromatic N) is 2. The number of likely N-dealkylation sites (tertiary alicyclic amines) is 1. The minimum absolute atomic E-state index is 0.168. The number of rotatable bonds is 6. The third-order valence-electron chi connectivity index (χ3n) is 3.41. The molecule has 21 heavy (non-hydrogen) atoms. The fourth-order valence-electron chi connectivity index (χ4n) is 2.25. The molecule has 0 aliphatic carbocycles. The van der Waals surface area contributed by atoms with Crippen LogP contribution in [0.2, 0.25) is 0 Å². The van der Waals surface area contributed by atoms with E-state index in [-0.39, 0.29) is 6.10 Å². The van der Waals surface area contributed by atoms with E-state index in [0.29, 0.717) is 19.0 Å². The highest BCUT2D eigenvalue weighted by atomic mass is 16.6. The standard InChI is InChI=1S/C16H23N3O2/c17-16(13-19-10-8-15(20)9-11-19)18-21-12-4-7-14-5-2-1-3-6-14/h1-7,15,20H,8-13H2,(H2,17,18)/b7-4+. The Kier molecular flexibility index (Phi) is 6.24. The molecule has 1 heterocycles. The van der Waals surface area contributed by atoms with E-state index in [1.54, 1.807) is 0 Å². The van der Waals surface area contributed by atoms with Crippen molar-refractivity contribution in [3.63, 3.8) is 0 Å². The van der Waals surface area contributed by atoms with Crippen LogP contribution >= 0.6 is 0 Å². The molecule has 0 aromatic heterocycles. The first-order chi connectivity index (χ1) is 10.2. The summed E-state index contributed by atoms with van der Waals surface area (Å²) in [6.45, 7) is 2.69. The van der Waals surface area contributed by atoms with Crippen molar-refractivity contribution in [2.45, 2.75) is 18.9 Å².